The molecule has 2 amide bonds. The van der Waals surface area contributed by atoms with Crippen LogP contribution in [0.2, 0.25) is 5.02 Å². The highest BCUT2D eigenvalue weighted by Gasteiger charge is 2.33. The molecule has 0 spiro atoms. The van der Waals surface area contributed by atoms with Gasteiger partial charge in [0.25, 0.3) is 10.0 Å². The van der Waals surface area contributed by atoms with E-state index in [1.165, 1.54) is 4.90 Å². The van der Waals surface area contributed by atoms with Crippen LogP contribution in [0.3, 0.4) is 0 Å². The number of anilines is 1. The highest BCUT2D eigenvalue weighted by molar-refractivity contribution is 7.92. The van der Waals surface area contributed by atoms with E-state index in [9.17, 15) is 18.0 Å². The molecule has 3 aromatic carbocycles. The van der Waals surface area contributed by atoms with Crippen LogP contribution in [-0.4, -0.2) is 44.3 Å². The third-order valence-corrected chi connectivity index (χ3v) is 8.67. The molecular formula is C31H38ClN3O4S. The van der Waals surface area contributed by atoms with E-state index in [4.69, 9.17) is 11.6 Å². The molecule has 0 aromatic heterocycles. The molecule has 7 nitrogen and oxygen atoms in total. The summed E-state index contributed by atoms with van der Waals surface area (Å²) in [6, 6.07) is 19.9. The second-order valence-corrected chi connectivity index (χ2v) is 12.6. The Morgan fingerprint density at radius 1 is 0.925 bits per heavy atom. The molecule has 1 N–H and O–H groups in total. The molecule has 214 valence electrons. The maximum absolute atomic E-state index is 14.0. The Kier molecular flexibility index (Phi) is 10.8. The van der Waals surface area contributed by atoms with Crippen molar-refractivity contribution in [3.8, 4) is 0 Å². The van der Waals surface area contributed by atoms with E-state index in [2.05, 4.69) is 5.32 Å². The first kappa shape index (κ1) is 31.2. The van der Waals surface area contributed by atoms with Gasteiger partial charge in [-0.2, -0.15) is 0 Å². The van der Waals surface area contributed by atoms with Gasteiger partial charge in [-0.15, -0.1) is 0 Å². The van der Waals surface area contributed by atoms with Crippen molar-refractivity contribution in [2.45, 2.75) is 58.5 Å². The lowest BCUT2D eigenvalue weighted by Gasteiger charge is -2.32. The van der Waals surface area contributed by atoms with Crippen LogP contribution in [0.4, 0.5) is 5.69 Å². The zero-order valence-corrected chi connectivity index (χ0v) is 25.3. The molecule has 40 heavy (non-hydrogen) atoms. The highest BCUT2D eigenvalue weighted by Crippen LogP contribution is 2.28. The van der Waals surface area contributed by atoms with Gasteiger partial charge in [-0.25, -0.2) is 8.42 Å². The van der Waals surface area contributed by atoms with E-state index >= 15 is 0 Å². The molecule has 0 fully saturated rings. The first-order valence-electron chi connectivity index (χ1n) is 13.4. The van der Waals surface area contributed by atoms with E-state index in [0.717, 1.165) is 21.0 Å². The molecule has 3 rings (SSSR count). The Balaban J connectivity index is 2.04. The lowest BCUT2D eigenvalue weighted by Crippen LogP contribution is -2.51. The average molecular weight is 584 g/mol. The number of sulfonamides is 1. The molecule has 9 heteroatoms. The van der Waals surface area contributed by atoms with Crippen molar-refractivity contribution in [2.75, 3.05) is 17.4 Å². The Hall–Kier alpha value is -3.36. The Morgan fingerprint density at radius 2 is 1.55 bits per heavy atom. The summed E-state index contributed by atoms with van der Waals surface area (Å²) in [4.78, 5) is 28.6. The van der Waals surface area contributed by atoms with Crippen molar-refractivity contribution in [2.24, 2.45) is 5.92 Å². The average Bonchev–Trinajstić information content (AvgIpc) is 2.93. The van der Waals surface area contributed by atoms with E-state index in [-0.39, 0.29) is 23.3 Å². The summed E-state index contributed by atoms with van der Waals surface area (Å²) in [6.45, 7) is 9.55. The van der Waals surface area contributed by atoms with Crippen LogP contribution in [0.15, 0.2) is 77.7 Å². The van der Waals surface area contributed by atoms with Gasteiger partial charge in [0.2, 0.25) is 11.8 Å². The monoisotopic (exact) mass is 583 g/mol. The number of nitrogens with one attached hydrogen (secondary N) is 1. The molecule has 0 aliphatic rings. The molecule has 0 saturated heterocycles. The lowest BCUT2D eigenvalue weighted by molar-refractivity contribution is -0.139. The fourth-order valence-corrected chi connectivity index (χ4v) is 5.80. The lowest BCUT2D eigenvalue weighted by atomic mass is 10.1. The summed E-state index contributed by atoms with van der Waals surface area (Å²) in [7, 11) is -4.11. The Morgan fingerprint density at radius 3 is 2.15 bits per heavy atom. The predicted octanol–water partition coefficient (Wildman–Crippen LogP) is 5.60. The minimum absolute atomic E-state index is 0.0868. The van der Waals surface area contributed by atoms with Gasteiger partial charge >= 0.3 is 0 Å². The number of amides is 2. The summed E-state index contributed by atoms with van der Waals surface area (Å²) in [6.07, 6.45) is 0.576. The van der Waals surface area contributed by atoms with Crippen LogP contribution >= 0.6 is 11.6 Å². The highest BCUT2D eigenvalue weighted by atomic mass is 35.5. The smallest absolute Gasteiger partial charge is 0.264 e. The summed E-state index contributed by atoms with van der Waals surface area (Å²) in [5, 5.41) is 3.44. The summed E-state index contributed by atoms with van der Waals surface area (Å²) < 4.78 is 29.2. The number of nitrogens with zero attached hydrogens (tertiary/aromatic N) is 2. The number of para-hydroxylation sites is 1. The molecule has 3 aromatic rings. The molecule has 0 radical (unpaired) electrons. The SMILES string of the molecule is CCc1ccccc1N(CC(=O)N(Cc1ccc(Cl)cc1)[C@@H](C)C(=O)NCC(C)C)S(=O)(=O)c1ccc(C)cc1. The van der Waals surface area contributed by atoms with E-state index < -0.39 is 28.5 Å². The number of carbonyl (C=O) groups is 2. The van der Waals surface area contributed by atoms with E-state index in [0.29, 0.717) is 23.7 Å². The number of aryl methyl sites for hydroxylation is 2. The Labute approximate surface area is 243 Å². The zero-order valence-electron chi connectivity index (χ0n) is 23.7. The van der Waals surface area contributed by atoms with Gasteiger partial charge in [0.1, 0.15) is 12.6 Å². The largest absolute Gasteiger partial charge is 0.354 e. The van der Waals surface area contributed by atoms with Crippen LogP contribution in [0.25, 0.3) is 0 Å². The molecule has 0 bridgehead atoms. The van der Waals surface area contributed by atoms with Crippen LogP contribution in [0, 0.1) is 12.8 Å². The first-order valence-corrected chi connectivity index (χ1v) is 15.2. The molecule has 0 heterocycles. The Bertz CT molecular complexity index is 1410. The van der Waals surface area contributed by atoms with Gasteiger partial charge < -0.3 is 10.2 Å². The molecular weight excluding hydrogens is 546 g/mol. The van der Waals surface area contributed by atoms with Gasteiger partial charge in [-0.3, -0.25) is 13.9 Å². The second kappa shape index (κ2) is 13.8. The third kappa shape index (κ3) is 7.86. The number of hydrogen-bond acceptors (Lipinski definition) is 4. The number of rotatable bonds is 12. The minimum Gasteiger partial charge on any atom is -0.354 e. The van der Waals surface area contributed by atoms with Crippen molar-refractivity contribution in [3.05, 3.63) is 94.5 Å². The van der Waals surface area contributed by atoms with Crippen LogP contribution in [0.1, 0.15) is 44.4 Å². The quantitative estimate of drug-likeness (QED) is 0.301. The van der Waals surface area contributed by atoms with E-state index in [1.54, 1.807) is 67.6 Å². The number of halogens is 1. The third-order valence-electron chi connectivity index (χ3n) is 6.65. The molecule has 0 unspecified atom stereocenters. The molecule has 0 aliphatic carbocycles. The van der Waals surface area contributed by atoms with Crippen LogP contribution in [0.5, 0.6) is 0 Å². The summed E-state index contributed by atoms with van der Waals surface area (Å²) in [5.41, 5.74) is 2.91. The van der Waals surface area contributed by atoms with E-state index in [1.807, 2.05) is 39.8 Å². The zero-order chi connectivity index (χ0) is 29.4. The molecule has 0 saturated carbocycles. The van der Waals surface area contributed by atoms with Gasteiger partial charge in [0.05, 0.1) is 10.6 Å². The van der Waals surface area contributed by atoms with Crippen molar-refractivity contribution in [3.63, 3.8) is 0 Å². The normalized spacial score (nSPS) is 12.2. The van der Waals surface area contributed by atoms with Crippen LogP contribution < -0.4 is 9.62 Å². The van der Waals surface area contributed by atoms with Crippen molar-refractivity contribution in [1.29, 1.82) is 0 Å². The second-order valence-electron chi connectivity index (χ2n) is 10.3. The number of hydrogen-bond donors (Lipinski definition) is 1. The number of benzene rings is 3. The fraction of sp³-hybridized carbons (Fsp3) is 0.355. The van der Waals surface area contributed by atoms with Gasteiger partial charge in [-0.05, 0) is 67.6 Å². The summed E-state index contributed by atoms with van der Waals surface area (Å²) >= 11 is 6.06. The molecule has 0 aliphatic heterocycles. The first-order chi connectivity index (χ1) is 18.9. The van der Waals surface area contributed by atoms with Crippen molar-refractivity contribution in [1.82, 2.24) is 10.2 Å². The fourth-order valence-electron chi connectivity index (χ4n) is 4.23. The standard InChI is InChI=1S/C31H38ClN3O4S/c1-6-26-9-7-8-10-29(26)35(40(38,39)28-17-11-23(4)12-18-28)21-30(36)34(20-25-13-15-27(32)16-14-25)24(5)31(37)33-19-22(2)3/h7-18,22,24H,6,19-21H2,1-5H3,(H,33,37)/t24-/m0/s1. The van der Waals surface area contributed by atoms with Gasteiger partial charge in [0.15, 0.2) is 0 Å². The topological polar surface area (TPSA) is 86.8 Å². The maximum Gasteiger partial charge on any atom is 0.264 e. The minimum atomic E-state index is -4.11. The predicted molar refractivity (Wildman–Crippen MR) is 161 cm³/mol. The number of carbonyl (C=O) groups excluding carboxylic acids is 2. The van der Waals surface area contributed by atoms with Gasteiger partial charge in [-0.1, -0.05) is 80.4 Å². The molecule has 1 atom stereocenters. The van der Waals surface area contributed by atoms with Crippen LogP contribution in [-0.2, 0) is 32.6 Å². The summed E-state index contributed by atoms with van der Waals surface area (Å²) in [5.74, 6) is -0.570. The van der Waals surface area contributed by atoms with Gasteiger partial charge in [0, 0.05) is 18.1 Å². The van der Waals surface area contributed by atoms with Crippen molar-refractivity contribution < 1.29 is 18.0 Å². The maximum atomic E-state index is 14.0. The van der Waals surface area contributed by atoms with Crippen molar-refractivity contribution >= 4 is 39.1 Å².